The molecule has 12 nitrogen and oxygen atoms in total. The average molecular weight is 571 g/mol. The quantitative estimate of drug-likeness (QED) is 0.0870. The van der Waals surface area contributed by atoms with Crippen molar-refractivity contribution in [1.82, 2.24) is 0 Å². The van der Waals surface area contributed by atoms with E-state index in [1.807, 2.05) is 0 Å². The van der Waals surface area contributed by atoms with E-state index in [9.17, 15) is 9.90 Å². The molecule has 0 radical (unpaired) electrons. The first-order valence-corrected chi connectivity index (χ1v) is 14.3. The Hall–Kier alpha value is -0.930. The lowest BCUT2D eigenvalue weighted by molar-refractivity contribution is -0.145. The second-order valence-electron chi connectivity index (χ2n) is 8.59. The van der Waals surface area contributed by atoms with E-state index in [1.54, 1.807) is 0 Å². The van der Waals surface area contributed by atoms with Crippen LogP contribution < -0.4 is 0 Å². The van der Waals surface area contributed by atoms with Crippen LogP contribution >= 0.6 is 0 Å². The number of ether oxygens (including phenoxy) is 9. The second-order valence-corrected chi connectivity index (χ2v) is 8.59. The number of aliphatic hydroxyl groups is 2. The Balaban J connectivity index is 3.19. The molecule has 2 N–H and O–H groups in total. The van der Waals surface area contributed by atoms with Crippen LogP contribution in [0.3, 0.4) is 0 Å². The summed E-state index contributed by atoms with van der Waals surface area (Å²) in [5.41, 5.74) is 0. The van der Waals surface area contributed by atoms with Crippen LogP contribution in [0.4, 0.5) is 0 Å². The maximum absolute atomic E-state index is 11.6. The summed E-state index contributed by atoms with van der Waals surface area (Å²) < 4.78 is 47.8. The Morgan fingerprint density at radius 1 is 0.538 bits per heavy atom. The van der Waals surface area contributed by atoms with E-state index >= 15 is 0 Å². The normalized spacial score (nSPS) is 12.2. The zero-order chi connectivity index (χ0) is 28.5. The van der Waals surface area contributed by atoms with Crippen molar-refractivity contribution in [2.45, 2.75) is 51.6 Å². The molecule has 234 valence electrons. The SMILES string of the molecule is CCCCCCCC(=O)OCCOCCOCCOCCOCC(O)COCCOCCOCCOCCO. The Morgan fingerprint density at radius 3 is 1.36 bits per heavy atom. The minimum atomic E-state index is -0.713. The maximum atomic E-state index is 11.6. The molecule has 0 aromatic carbocycles. The van der Waals surface area contributed by atoms with E-state index in [-0.39, 0.29) is 32.4 Å². The fraction of sp³-hybridized carbons (Fsp3) is 0.963. The second kappa shape index (κ2) is 33.3. The van der Waals surface area contributed by atoms with Gasteiger partial charge >= 0.3 is 5.97 Å². The van der Waals surface area contributed by atoms with Gasteiger partial charge in [0.2, 0.25) is 0 Å². The van der Waals surface area contributed by atoms with Gasteiger partial charge in [-0.05, 0) is 6.42 Å². The van der Waals surface area contributed by atoms with E-state index < -0.39 is 6.10 Å². The first-order valence-electron chi connectivity index (χ1n) is 14.3. The van der Waals surface area contributed by atoms with Gasteiger partial charge in [-0.1, -0.05) is 32.6 Å². The Morgan fingerprint density at radius 2 is 0.923 bits per heavy atom. The number of rotatable bonds is 33. The average Bonchev–Trinajstić information content (AvgIpc) is 2.93. The molecule has 39 heavy (non-hydrogen) atoms. The van der Waals surface area contributed by atoms with Crippen LogP contribution in [0.1, 0.15) is 45.4 Å². The number of aliphatic hydroxyl groups excluding tert-OH is 2. The molecule has 12 heteroatoms. The molecule has 0 bridgehead atoms. The molecule has 0 fully saturated rings. The Kier molecular flexibility index (Phi) is 32.5. The van der Waals surface area contributed by atoms with Crippen molar-refractivity contribution >= 4 is 5.97 Å². The zero-order valence-electron chi connectivity index (χ0n) is 24.0. The third-order valence-electron chi connectivity index (χ3n) is 5.06. The number of carbonyl (C=O) groups excluding carboxylic acids is 1. The minimum absolute atomic E-state index is 0.00956. The van der Waals surface area contributed by atoms with Crippen molar-refractivity contribution in [3.8, 4) is 0 Å². The van der Waals surface area contributed by atoms with Crippen molar-refractivity contribution in [2.24, 2.45) is 0 Å². The summed E-state index contributed by atoms with van der Waals surface area (Å²) in [7, 11) is 0. The highest BCUT2D eigenvalue weighted by atomic mass is 16.6. The molecule has 0 aliphatic carbocycles. The topological polar surface area (TPSA) is 141 Å². The van der Waals surface area contributed by atoms with E-state index in [4.69, 9.17) is 47.7 Å². The Bertz CT molecular complexity index is 484. The third kappa shape index (κ3) is 33.2. The highest BCUT2D eigenvalue weighted by Crippen LogP contribution is 2.05. The van der Waals surface area contributed by atoms with Gasteiger partial charge in [0.1, 0.15) is 12.7 Å². The first kappa shape index (κ1) is 38.1. The van der Waals surface area contributed by atoms with Crippen molar-refractivity contribution in [1.29, 1.82) is 0 Å². The molecule has 1 unspecified atom stereocenters. The summed E-state index contributed by atoms with van der Waals surface area (Å²) in [4.78, 5) is 11.6. The maximum Gasteiger partial charge on any atom is 0.305 e. The lowest BCUT2D eigenvalue weighted by Crippen LogP contribution is -2.24. The largest absolute Gasteiger partial charge is 0.463 e. The van der Waals surface area contributed by atoms with Gasteiger partial charge in [-0.15, -0.1) is 0 Å². The van der Waals surface area contributed by atoms with Crippen LogP contribution in [0.2, 0.25) is 0 Å². The smallest absolute Gasteiger partial charge is 0.305 e. The molecular formula is C27H54O12. The van der Waals surface area contributed by atoms with E-state index in [0.29, 0.717) is 98.9 Å². The number of esters is 1. The van der Waals surface area contributed by atoms with Gasteiger partial charge in [-0.2, -0.15) is 0 Å². The van der Waals surface area contributed by atoms with Gasteiger partial charge in [0.15, 0.2) is 0 Å². The highest BCUT2D eigenvalue weighted by Gasteiger charge is 2.05. The van der Waals surface area contributed by atoms with Crippen LogP contribution in [0.25, 0.3) is 0 Å². The molecule has 0 aliphatic rings. The van der Waals surface area contributed by atoms with Crippen LogP contribution in [0.15, 0.2) is 0 Å². The number of hydrogen-bond acceptors (Lipinski definition) is 12. The fourth-order valence-corrected chi connectivity index (χ4v) is 3.03. The molecule has 0 aliphatic heterocycles. The summed E-state index contributed by atoms with van der Waals surface area (Å²) in [6.07, 6.45) is 5.32. The molecule has 0 amide bonds. The predicted octanol–water partition coefficient (Wildman–Crippen LogP) is 1.38. The van der Waals surface area contributed by atoms with E-state index in [0.717, 1.165) is 12.8 Å². The standard InChI is InChI=1S/C27H54O12/c1-2-3-4-5-6-7-27(30)39-23-22-36-17-16-33-13-15-35-19-21-38-25-26(29)24-37-20-18-34-14-12-32-11-10-31-9-8-28/h26,28-29H,2-25H2,1H3. The van der Waals surface area contributed by atoms with Crippen molar-refractivity contribution in [2.75, 3.05) is 119 Å². The molecule has 0 rings (SSSR count). The van der Waals surface area contributed by atoms with Crippen LogP contribution in [0.5, 0.6) is 0 Å². The molecule has 0 aromatic heterocycles. The van der Waals surface area contributed by atoms with E-state index in [1.165, 1.54) is 19.3 Å². The van der Waals surface area contributed by atoms with E-state index in [2.05, 4.69) is 6.92 Å². The van der Waals surface area contributed by atoms with Gasteiger partial charge in [0, 0.05) is 6.42 Å². The monoisotopic (exact) mass is 570 g/mol. The number of carbonyl (C=O) groups is 1. The van der Waals surface area contributed by atoms with Gasteiger partial charge in [0.05, 0.1) is 112 Å². The zero-order valence-corrected chi connectivity index (χ0v) is 24.0. The summed E-state index contributed by atoms with van der Waals surface area (Å²) >= 11 is 0. The molecular weight excluding hydrogens is 516 g/mol. The summed E-state index contributed by atoms with van der Waals surface area (Å²) in [6.45, 7) is 8.59. The molecule has 0 aromatic rings. The number of unbranched alkanes of at least 4 members (excludes halogenated alkanes) is 4. The van der Waals surface area contributed by atoms with Crippen LogP contribution in [-0.4, -0.2) is 141 Å². The van der Waals surface area contributed by atoms with Crippen LogP contribution in [0, 0.1) is 0 Å². The molecule has 0 heterocycles. The van der Waals surface area contributed by atoms with Gasteiger partial charge in [-0.25, -0.2) is 0 Å². The fourth-order valence-electron chi connectivity index (χ4n) is 3.03. The van der Waals surface area contributed by atoms with Crippen molar-refractivity contribution < 1.29 is 57.6 Å². The molecule has 0 saturated carbocycles. The predicted molar refractivity (Wildman–Crippen MR) is 144 cm³/mol. The van der Waals surface area contributed by atoms with Crippen molar-refractivity contribution in [3.63, 3.8) is 0 Å². The third-order valence-corrected chi connectivity index (χ3v) is 5.06. The van der Waals surface area contributed by atoms with Gasteiger partial charge < -0.3 is 52.8 Å². The lowest BCUT2D eigenvalue weighted by atomic mass is 10.1. The Labute approximate surface area is 234 Å². The van der Waals surface area contributed by atoms with Crippen molar-refractivity contribution in [3.05, 3.63) is 0 Å². The number of hydrogen-bond donors (Lipinski definition) is 2. The first-order chi connectivity index (χ1) is 19.2. The lowest BCUT2D eigenvalue weighted by Gasteiger charge is -2.12. The molecule has 0 saturated heterocycles. The molecule has 0 spiro atoms. The summed E-state index contributed by atoms with van der Waals surface area (Å²) in [5.74, 6) is -0.159. The summed E-state index contributed by atoms with van der Waals surface area (Å²) in [6, 6.07) is 0. The summed E-state index contributed by atoms with van der Waals surface area (Å²) in [5, 5.41) is 18.4. The van der Waals surface area contributed by atoms with Gasteiger partial charge in [-0.3, -0.25) is 4.79 Å². The highest BCUT2D eigenvalue weighted by molar-refractivity contribution is 5.69. The van der Waals surface area contributed by atoms with Crippen LogP contribution in [-0.2, 0) is 47.4 Å². The molecule has 1 atom stereocenters. The minimum Gasteiger partial charge on any atom is -0.463 e. The van der Waals surface area contributed by atoms with Gasteiger partial charge in [0.25, 0.3) is 0 Å².